The van der Waals surface area contributed by atoms with Crippen LogP contribution in [0.15, 0.2) is 47.4 Å². The SMILES string of the molecule is CCC(NC(=O)c1cc(SC)ccc1C)c1ccc(C)cc1. The molecule has 0 saturated carbocycles. The summed E-state index contributed by atoms with van der Waals surface area (Å²) in [6.07, 6.45) is 2.89. The molecule has 2 nitrogen and oxygen atoms in total. The predicted molar refractivity (Wildman–Crippen MR) is 94.6 cm³/mol. The molecule has 2 rings (SSSR count). The standard InChI is InChI=1S/C19H23NOS/c1-5-18(15-9-6-13(2)7-10-15)20-19(21)17-12-16(22-4)11-8-14(17)3/h6-12,18H,5H2,1-4H3,(H,20,21). The smallest absolute Gasteiger partial charge is 0.252 e. The fourth-order valence-electron chi connectivity index (χ4n) is 2.43. The number of benzene rings is 2. The lowest BCUT2D eigenvalue weighted by atomic mass is 10.0. The molecule has 0 aliphatic rings. The summed E-state index contributed by atoms with van der Waals surface area (Å²) >= 11 is 1.65. The van der Waals surface area contributed by atoms with E-state index in [4.69, 9.17) is 0 Å². The number of nitrogens with one attached hydrogen (secondary N) is 1. The molecule has 1 unspecified atom stereocenters. The van der Waals surface area contributed by atoms with Crippen molar-refractivity contribution in [1.82, 2.24) is 5.32 Å². The number of hydrogen-bond donors (Lipinski definition) is 1. The average Bonchev–Trinajstić information content (AvgIpc) is 2.53. The second-order valence-electron chi connectivity index (χ2n) is 5.53. The van der Waals surface area contributed by atoms with E-state index in [9.17, 15) is 4.79 Å². The van der Waals surface area contributed by atoms with Gasteiger partial charge in [0.25, 0.3) is 5.91 Å². The first kappa shape index (κ1) is 16.6. The third-order valence-corrected chi connectivity index (χ3v) is 4.61. The van der Waals surface area contributed by atoms with Crippen LogP contribution in [-0.4, -0.2) is 12.2 Å². The minimum absolute atomic E-state index is 0.000764. The molecule has 1 amide bonds. The van der Waals surface area contributed by atoms with Gasteiger partial charge in [-0.2, -0.15) is 0 Å². The summed E-state index contributed by atoms with van der Waals surface area (Å²) in [5, 5.41) is 3.16. The summed E-state index contributed by atoms with van der Waals surface area (Å²) in [7, 11) is 0. The summed E-state index contributed by atoms with van der Waals surface area (Å²) in [6, 6.07) is 14.4. The minimum atomic E-state index is 0.000764. The lowest BCUT2D eigenvalue weighted by Crippen LogP contribution is -2.28. The summed E-state index contributed by atoms with van der Waals surface area (Å²) in [5.41, 5.74) is 4.15. The van der Waals surface area contributed by atoms with Gasteiger partial charge < -0.3 is 5.32 Å². The summed E-state index contributed by atoms with van der Waals surface area (Å²) in [5.74, 6) is 0.000764. The fourth-order valence-corrected chi connectivity index (χ4v) is 2.87. The topological polar surface area (TPSA) is 29.1 Å². The zero-order valence-electron chi connectivity index (χ0n) is 13.6. The molecular formula is C19H23NOS. The molecule has 116 valence electrons. The Bertz CT molecular complexity index is 649. The number of carbonyl (C=O) groups is 1. The number of rotatable bonds is 5. The molecule has 0 saturated heterocycles. The van der Waals surface area contributed by atoms with Crippen molar-refractivity contribution in [1.29, 1.82) is 0 Å². The normalized spacial score (nSPS) is 12.0. The van der Waals surface area contributed by atoms with Crippen LogP contribution in [0.4, 0.5) is 0 Å². The first-order chi connectivity index (χ1) is 10.5. The minimum Gasteiger partial charge on any atom is -0.345 e. The molecule has 0 aromatic heterocycles. The van der Waals surface area contributed by atoms with E-state index in [1.807, 2.05) is 31.4 Å². The van der Waals surface area contributed by atoms with Crippen molar-refractivity contribution in [3.63, 3.8) is 0 Å². The van der Waals surface area contributed by atoms with Crippen LogP contribution in [0, 0.1) is 13.8 Å². The Kier molecular flexibility index (Phi) is 5.67. The predicted octanol–water partition coefficient (Wildman–Crippen LogP) is 4.91. The zero-order chi connectivity index (χ0) is 16.1. The summed E-state index contributed by atoms with van der Waals surface area (Å²) in [4.78, 5) is 13.7. The molecule has 0 spiro atoms. The first-order valence-corrected chi connectivity index (χ1v) is 8.79. The van der Waals surface area contributed by atoms with Gasteiger partial charge in [-0.15, -0.1) is 11.8 Å². The van der Waals surface area contributed by atoms with Crippen LogP contribution in [0.3, 0.4) is 0 Å². The van der Waals surface area contributed by atoms with Gasteiger partial charge in [0.15, 0.2) is 0 Å². The van der Waals surface area contributed by atoms with Crippen LogP contribution in [0.5, 0.6) is 0 Å². The molecule has 22 heavy (non-hydrogen) atoms. The van der Waals surface area contributed by atoms with Gasteiger partial charge in [0.1, 0.15) is 0 Å². The number of aryl methyl sites for hydroxylation is 2. The zero-order valence-corrected chi connectivity index (χ0v) is 14.5. The third-order valence-electron chi connectivity index (χ3n) is 3.88. The maximum Gasteiger partial charge on any atom is 0.252 e. The maximum atomic E-state index is 12.6. The van der Waals surface area contributed by atoms with Crippen LogP contribution < -0.4 is 5.32 Å². The first-order valence-electron chi connectivity index (χ1n) is 7.57. The van der Waals surface area contributed by atoms with Crippen molar-refractivity contribution in [3.05, 3.63) is 64.7 Å². The van der Waals surface area contributed by atoms with Gasteiger partial charge in [-0.05, 0) is 49.8 Å². The lowest BCUT2D eigenvalue weighted by Gasteiger charge is -2.19. The van der Waals surface area contributed by atoms with E-state index in [-0.39, 0.29) is 11.9 Å². The number of carbonyl (C=O) groups excluding carboxylic acids is 1. The molecule has 0 bridgehead atoms. The fraction of sp³-hybridized carbons (Fsp3) is 0.316. The molecule has 1 N–H and O–H groups in total. The van der Waals surface area contributed by atoms with Gasteiger partial charge >= 0.3 is 0 Å². The molecule has 0 radical (unpaired) electrons. The van der Waals surface area contributed by atoms with Crippen molar-refractivity contribution in [2.75, 3.05) is 6.26 Å². The van der Waals surface area contributed by atoms with E-state index in [2.05, 4.69) is 43.4 Å². The summed E-state index contributed by atoms with van der Waals surface area (Å²) < 4.78 is 0. The van der Waals surface area contributed by atoms with Gasteiger partial charge in [0.05, 0.1) is 6.04 Å². The molecule has 0 fully saturated rings. The van der Waals surface area contributed by atoms with Crippen LogP contribution in [0.2, 0.25) is 0 Å². The largest absolute Gasteiger partial charge is 0.345 e. The third kappa shape index (κ3) is 3.92. The Hall–Kier alpha value is -1.74. The Morgan fingerprint density at radius 2 is 1.82 bits per heavy atom. The lowest BCUT2D eigenvalue weighted by molar-refractivity contribution is 0.0934. The van der Waals surface area contributed by atoms with E-state index in [0.29, 0.717) is 0 Å². The van der Waals surface area contributed by atoms with E-state index in [1.165, 1.54) is 5.56 Å². The highest BCUT2D eigenvalue weighted by molar-refractivity contribution is 7.98. The highest BCUT2D eigenvalue weighted by atomic mass is 32.2. The second kappa shape index (κ2) is 7.50. The van der Waals surface area contributed by atoms with Gasteiger partial charge in [0.2, 0.25) is 0 Å². The van der Waals surface area contributed by atoms with Crippen molar-refractivity contribution in [2.45, 2.75) is 38.1 Å². The Balaban J connectivity index is 2.20. The van der Waals surface area contributed by atoms with Crippen LogP contribution >= 0.6 is 11.8 Å². The van der Waals surface area contributed by atoms with E-state index in [0.717, 1.165) is 28.0 Å². The van der Waals surface area contributed by atoms with Crippen molar-refractivity contribution in [2.24, 2.45) is 0 Å². The molecular weight excluding hydrogens is 290 g/mol. The van der Waals surface area contributed by atoms with Gasteiger partial charge in [-0.3, -0.25) is 4.79 Å². The maximum absolute atomic E-state index is 12.6. The van der Waals surface area contributed by atoms with Gasteiger partial charge in [0, 0.05) is 10.5 Å². The van der Waals surface area contributed by atoms with Gasteiger partial charge in [-0.1, -0.05) is 42.8 Å². The van der Waals surface area contributed by atoms with E-state index < -0.39 is 0 Å². The number of thioether (sulfide) groups is 1. The van der Waals surface area contributed by atoms with Crippen molar-refractivity contribution < 1.29 is 4.79 Å². The number of hydrogen-bond acceptors (Lipinski definition) is 2. The Morgan fingerprint density at radius 3 is 2.41 bits per heavy atom. The van der Waals surface area contributed by atoms with Gasteiger partial charge in [-0.25, -0.2) is 0 Å². The molecule has 2 aromatic carbocycles. The second-order valence-corrected chi connectivity index (χ2v) is 6.41. The van der Waals surface area contributed by atoms with E-state index in [1.54, 1.807) is 11.8 Å². The highest BCUT2D eigenvalue weighted by Crippen LogP contribution is 2.21. The van der Waals surface area contributed by atoms with Crippen LogP contribution in [-0.2, 0) is 0 Å². The molecule has 2 aromatic rings. The quantitative estimate of drug-likeness (QED) is 0.795. The molecule has 0 heterocycles. The molecule has 0 aliphatic heterocycles. The molecule has 3 heteroatoms. The van der Waals surface area contributed by atoms with Crippen LogP contribution in [0.1, 0.15) is 46.4 Å². The Morgan fingerprint density at radius 1 is 1.14 bits per heavy atom. The molecule has 0 aliphatic carbocycles. The van der Waals surface area contributed by atoms with E-state index >= 15 is 0 Å². The average molecular weight is 313 g/mol. The Labute approximate surface area is 137 Å². The molecule has 1 atom stereocenters. The highest BCUT2D eigenvalue weighted by Gasteiger charge is 2.16. The van der Waals surface area contributed by atoms with Crippen molar-refractivity contribution in [3.8, 4) is 0 Å². The summed E-state index contributed by atoms with van der Waals surface area (Å²) in [6.45, 7) is 6.14. The van der Waals surface area contributed by atoms with Crippen LogP contribution in [0.25, 0.3) is 0 Å². The number of amides is 1. The van der Waals surface area contributed by atoms with Crippen molar-refractivity contribution >= 4 is 17.7 Å². The monoisotopic (exact) mass is 313 g/mol.